The van der Waals surface area contributed by atoms with Crippen molar-refractivity contribution < 1.29 is 9.59 Å². The van der Waals surface area contributed by atoms with E-state index in [1.54, 1.807) is 0 Å². The molecule has 0 fully saturated rings. The second-order valence-electron chi connectivity index (χ2n) is 5.47. The van der Waals surface area contributed by atoms with Crippen molar-refractivity contribution in [3.63, 3.8) is 0 Å². The van der Waals surface area contributed by atoms with Gasteiger partial charge in [0.05, 0.1) is 6.04 Å². The van der Waals surface area contributed by atoms with Crippen LogP contribution < -0.4 is 16.4 Å². The molecule has 2 amide bonds. The van der Waals surface area contributed by atoms with Crippen LogP contribution in [0.15, 0.2) is 24.3 Å². The summed E-state index contributed by atoms with van der Waals surface area (Å²) in [5.41, 5.74) is 7.36. The lowest BCUT2D eigenvalue weighted by Crippen LogP contribution is -2.27. The Morgan fingerprint density at radius 3 is 2.62 bits per heavy atom. The summed E-state index contributed by atoms with van der Waals surface area (Å²) in [6.07, 6.45) is 2.12. The number of carbonyl (C=O) groups excluding carboxylic acids is 2. The largest absolute Gasteiger partial charge is 0.350 e. The number of nitrogens with one attached hydrogen (secondary N) is 2. The number of hydrogen-bond donors (Lipinski definition) is 3. The fourth-order valence-corrected chi connectivity index (χ4v) is 2.07. The van der Waals surface area contributed by atoms with E-state index in [1.165, 1.54) is 6.92 Å². The molecule has 21 heavy (non-hydrogen) atoms. The van der Waals surface area contributed by atoms with Crippen molar-refractivity contribution >= 4 is 17.5 Å². The maximum Gasteiger partial charge on any atom is 0.221 e. The zero-order chi connectivity index (χ0) is 15.8. The maximum atomic E-state index is 11.8. The van der Waals surface area contributed by atoms with Gasteiger partial charge in [-0.15, -0.1) is 0 Å². The van der Waals surface area contributed by atoms with Gasteiger partial charge in [0.2, 0.25) is 11.8 Å². The van der Waals surface area contributed by atoms with E-state index >= 15 is 0 Å². The molecule has 0 heterocycles. The minimum atomic E-state index is -0.111. The lowest BCUT2D eigenvalue weighted by molar-refractivity contribution is -0.121. The van der Waals surface area contributed by atoms with Crippen molar-refractivity contribution in [1.29, 1.82) is 0 Å². The van der Waals surface area contributed by atoms with Gasteiger partial charge in [0.1, 0.15) is 0 Å². The third-order valence-corrected chi connectivity index (χ3v) is 3.15. The first kappa shape index (κ1) is 17.2. The van der Waals surface area contributed by atoms with Gasteiger partial charge in [0, 0.05) is 25.1 Å². The molecule has 5 heteroatoms. The van der Waals surface area contributed by atoms with Crippen molar-refractivity contribution in [1.82, 2.24) is 5.32 Å². The Balaban J connectivity index is 2.52. The Kier molecular flexibility index (Phi) is 6.88. The van der Waals surface area contributed by atoms with Gasteiger partial charge >= 0.3 is 0 Å². The minimum absolute atomic E-state index is 0.0214. The SMILES string of the molecule is CC(=O)Nc1cccc(C(C)NC(=O)CCCC(C)N)c1. The first-order valence-corrected chi connectivity index (χ1v) is 7.31. The standard InChI is InChI=1S/C16H25N3O2/c1-11(17)6-4-9-16(21)18-12(2)14-7-5-8-15(10-14)19-13(3)20/h5,7-8,10-12H,4,6,9,17H2,1-3H3,(H,18,21)(H,19,20). The van der Waals surface area contributed by atoms with Crippen molar-refractivity contribution in [2.75, 3.05) is 5.32 Å². The maximum absolute atomic E-state index is 11.8. The number of carbonyl (C=O) groups is 2. The van der Waals surface area contributed by atoms with Crippen LogP contribution >= 0.6 is 0 Å². The molecule has 0 aromatic heterocycles. The Hall–Kier alpha value is -1.88. The van der Waals surface area contributed by atoms with Gasteiger partial charge in [-0.25, -0.2) is 0 Å². The zero-order valence-electron chi connectivity index (χ0n) is 13.0. The van der Waals surface area contributed by atoms with Gasteiger partial charge in [0.15, 0.2) is 0 Å². The molecule has 0 saturated heterocycles. The summed E-state index contributed by atoms with van der Waals surface area (Å²) < 4.78 is 0. The molecule has 1 rings (SSSR count). The van der Waals surface area contributed by atoms with Crippen LogP contribution in [0.2, 0.25) is 0 Å². The fourth-order valence-electron chi connectivity index (χ4n) is 2.07. The third kappa shape index (κ3) is 6.90. The number of benzene rings is 1. The summed E-state index contributed by atoms with van der Waals surface area (Å²) in [6.45, 7) is 5.33. The molecule has 0 aliphatic carbocycles. The topological polar surface area (TPSA) is 84.2 Å². The fraction of sp³-hybridized carbons (Fsp3) is 0.500. The lowest BCUT2D eigenvalue weighted by Gasteiger charge is -2.15. The van der Waals surface area contributed by atoms with Crippen LogP contribution in [0.3, 0.4) is 0 Å². The van der Waals surface area contributed by atoms with E-state index in [0.717, 1.165) is 24.1 Å². The summed E-state index contributed by atoms with van der Waals surface area (Å²) in [6, 6.07) is 7.51. The number of rotatable bonds is 7. The first-order valence-electron chi connectivity index (χ1n) is 7.31. The Bertz CT molecular complexity index is 486. The molecule has 5 nitrogen and oxygen atoms in total. The van der Waals surface area contributed by atoms with E-state index in [1.807, 2.05) is 38.1 Å². The highest BCUT2D eigenvalue weighted by atomic mass is 16.2. The lowest BCUT2D eigenvalue weighted by atomic mass is 10.1. The van der Waals surface area contributed by atoms with Crippen LogP contribution in [-0.2, 0) is 9.59 Å². The molecule has 1 aromatic carbocycles. The highest BCUT2D eigenvalue weighted by Crippen LogP contribution is 2.17. The summed E-state index contributed by atoms with van der Waals surface area (Å²) in [7, 11) is 0. The number of anilines is 1. The van der Waals surface area contributed by atoms with Crippen molar-refractivity contribution in [3.8, 4) is 0 Å². The molecule has 0 radical (unpaired) electrons. The predicted octanol–water partition coefficient (Wildman–Crippen LogP) is 2.34. The average molecular weight is 291 g/mol. The molecule has 0 saturated carbocycles. The van der Waals surface area contributed by atoms with Crippen molar-refractivity contribution in [3.05, 3.63) is 29.8 Å². The van der Waals surface area contributed by atoms with Crippen LogP contribution in [0, 0.1) is 0 Å². The summed E-state index contributed by atoms with van der Waals surface area (Å²) in [5.74, 6) is -0.0900. The molecule has 0 bridgehead atoms. The number of nitrogens with two attached hydrogens (primary N) is 1. The highest BCUT2D eigenvalue weighted by molar-refractivity contribution is 5.88. The molecule has 2 atom stereocenters. The zero-order valence-corrected chi connectivity index (χ0v) is 13.0. The van der Waals surface area contributed by atoms with Crippen molar-refractivity contribution in [2.45, 2.75) is 52.1 Å². The second-order valence-corrected chi connectivity index (χ2v) is 5.47. The van der Waals surface area contributed by atoms with E-state index in [2.05, 4.69) is 10.6 Å². The van der Waals surface area contributed by atoms with E-state index in [9.17, 15) is 9.59 Å². The van der Waals surface area contributed by atoms with Crippen LogP contribution in [0.25, 0.3) is 0 Å². The molecule has 4 N–H and O–H groups in total. The highest BCUT2D eigenvalue weighted by Gasteiger charge is 2.10. The predicted molar refractivity (Wildman–Crippen MR) is 84.8 cm³/mol. The van der Waals surface area contributed by atoms with Crippen LogP contribution in [0.4, 0.5) is 5.69 Å². The normalized spacial score (nSPS) is 13.3. The van der Waals surface area contributed by atoms with Gasteiger partial charge in [-0.05, 0) is 44.4 Å². The number of amides is 2. The van der Waals surface area contributed by atoms with E-state index in [0.29, 0.717) is 6.42 Å². The number of hydrogen-bond acceptors (Lipinski definition) is 3. The molecule has 0 aliphatic rings. The van der Waals surface area contributed by atoms with Crippen LogP contribution in [0.1, 0.15) is 51.6 Å². The molecular formula is C16H25N3O2. The summed E-state index contributed by atoms with van der Waals surface area (Å²) >= 11 is 0. The molecule has 2 unspecified atom stereocenters. The van der Waals surface area contributed by atoms with Crippen LogP contribution in [0.5, 0.6) is 0 Å². The summed E-state index contributed by atoms with van der Waals surface area (Å²) in [5, 5.41) is 5.69. The Morgan fingerprint density at radius 1 is 1.29 bits per heavy atom. The molecule has 1 aromatic rings. The molecule has 0 spiro atoms. The monoisotopic (exact) mass is 291 g/mol. The molecule has 0 aliphatic heterocycles. The Morgan fingerprint density at radius 2 is 2.00 bits per heavy atom. The quantitative estimate of drug-likeness (QED) is 0.721. The summed E-state index contributed by atoms with van der Waals surface area (Å²) in [4.78, 5) is 22.9. The van der Waals surface area contributed by atoms with E-state index in [-0.39, 0.29) is 23.9 Å². The van der Waals surface area contributed by atoms with Gasteiger partial charge in [-0.1, -0.05) is 12.1 Å². The van der Waals surface area contributed by atoms with Crippen LogP contribution in [-0.4, -0.2) is 17.9 Å². The van der Waals surface area contributed by atoms with Crippen molar-refractivity contribution in [2.24, 2.45) is 5.73 Å². The van der Waals surface area contributed by atoms with Gasteiger partial charge < -0.3 is 16.4 Å². The van der Waals surface area contributed by atoms with Gasteiger partial charge in [0.25, 0.3) is 0 Å². The molecular weight excluding hydrogens is 266 g/mol. The Labute approximate surface area is 126 Å². The molecule has 116 valence electrons. The van der Waals surface area contributed by atoms with Gasteiger partial charge in [-0.2, -0.15) is 0 Å². The van der Waals surface area contributed by atoms with E-state index < -0.39 is 0 Å². The first-order chi connectivity index (χ1) is 9.88. The average Bonchev–Trinajstić information content (AvgIpc) is 2.37. The second kappa shape index (κ2) is 8.42. The smallest absolute Gasteiger partial charge is 0.221 e. The minimum Gasteiger partial charge on any atom is -0.350 e. The van der Waals surface area contributed by atoms with E-state index in [4.69, 9.17) is 5.73 Å². The van der Waals surface area contributed by atoms with Gasteiger partial charge in [-0.3, -0.25) is 9.59 Å². The third-order valence-electron chi connectivity index (χ3n) is 3.15.